The minimum Gasteiger partial charge on any atom is -0.342 e. The third-order valence-corrected chi connectivity index (χ3v) is 3.20. The summed E-state index contributed by atoms with van der Waals surface area (Å²) in [5.41, 5.74) is 0.831. The van der Waals surface area contributed by atoms with Crippen molar-refractivity contribution < 1.29 is 18.0 Å². The maximum atomic E-state index is 12.5. The van der Waals surface area contributed by atoms with E-state index in [1.807, 2.05) is 18.2 Å². The normalized spacial score (nSPS) is 20.2. The zero-order valence-electron chi connectivity index (χ0n) is 9.78. The number of amides is 1. The minimum absolute atomic E-state index is 0.0179. The molecule has 1 atom stereocenters. The van der Waals surface area contributed by atoms with Gasteiger partial charge in [-0.15, -0.1) is 0 Å². The van der Waals surface area contributed by atoms with Crippen LogP contribution in [-0.4, -0.2) is 30.1 Å². The lowest BCUT2D eigenvalue weighted by Gasteiger charge is -2.18. The van der Waals surface area contributed by atoms with Crippen molar-refractivity contribution in [2.45, 2.75) is 19.0 Å². The summed E-state index contributed by atoms with van der Waals surface area (Å²) >= 11 is 0. The van der Waals surface area contributed by atoms with E-state index in [2.05, 4.69) is 0 Å². The van der Waals surface area contributed by atoms with Gasteiger partial charge in [0, 0.05) is 13.1 Å². The fourth-order valence-corrected chi connectivity index (χ4v) is 2.14. The number of halogens is 3. The minimum atomic E-state index is -4.19. The molecule has 1 fully saturated rings. The van der Waals surface area contributed by atoms with Crippen LogP contribution in [0.15, 0.2) is 30.3 Å². The van der Waals surface area contributed by atoms with Crippen LogP contribution in [0.25, 0.3) is 0 Å². The molecule has 0 saturated carbocycles. The van der Waals surface area contributed by atoms with E-state index in [9.17, 15) is 18.0 Å². The van der Waals surface area contributed by atoms with E-state index in [0.29, 0.717) is 0 Å². The molecule has 1 aromatic rings. The number of hydrogen-bond donors (Lipinski definition) is 0. The van der Waals surface area contributed by atoms with Crippen LogP contribution >= 0.6 is 0 Å². The number of likely N-dealkylation sites (tertiary alicyclic amines) is 1. The van der Waals surface area contributed by atoms with Crippen molar-refractivity contribution in [2.24, 2.45) is 5.92 Å². The van der Waals surface area contributed by atoms with Gasteiger partial charge in [0.2, 0.25) is 5.91 Å². The summed E-state index contributed by atoms with van der Waals surface area (Å²) in [7, 11) is 0. The summed E-state index contributed by atoms with van der Waals surface area (Å²) < 4.78 is 37.5. The fourth-order valence-electron chi connectivity index (χ4n) is 2.14. The molecule has 1 heterocycles. The van der Waals surface area contributed by atoms with Gasteiger partial charge < -0.3 is 4.90 Å². The number of nitrogens with zero attached hydrogens (tertiary/aromatic N) is 1. The SMILES string of the molecule is O=C(Cc1ccccc1)N1CCC(C(F)(F)F)C1. The zero-order chi connectivity index (χ0) is 13.2. The largest absolute Gasteiger partial charge is 0.393 e. The molecular weight excluding hydrogens is 243 g/mol. The van der Waals surface area contributed by atoms with E-state index >= 15 is 0 Å². The molecule has 0 spiro atoms. The Morgan fingerprint density at radius 3 is 2.50 bits per heavy atom. The molecule has 0 aromatic heterocycles. The van der Waals surface area contributed by atoms with Gasteiger partial charge in [0.05, 0.1) is 12.3 Å². The Bertz CT molecular complexity index is 416. The Labute approximate surface area is 103 Å². The molecule has 0 N–H and O–H groups in total. The molecule has 1 aromatic carbocycles. The lowest BCUT2D eigenvalue weighted by Crippen LogP contribution is -2.32. The standard InChI is InChI=1S/C13H14F3NO/c14-13(15,16)11-6-7-17(9-11)12(18)8-10-4-2-1-3-5-10/h1-5,11H,6-9H2. The molecule has 0 aliphatic carbocycles. The lowest BCUT2D eigenvalue weighted by molar-refractivity contribution is -0.171. The molecule has 1 amide bonds. The maximum absolute atomic E-state index is 12.5. The molecule has 18 heavy (non-hydrogen) atoms. The molecule has 5 heteroatoms. The fraction of sp³-hybridized carbons (Fsp3) is 0.462. The Morgan fingerprint density at radius 2 is 1.94 bits per heavy atom. The highest BCUT2D eigenvalue weighted by Gasteiger charge is 2.44. The predicted molar refractivity (Wildman–Crippen MR) is 60.9 cm³/mol. The molecule has 1 saturated heterocycles. The summed E-state index contributed by atoms with van der Waals surface area (Å²) in [6.45, 7) is 0.00497. The Balaban J connectivity index is 1.92. The first kappa shape index (κ1) is 12.9. The first-order valence-electron chi connectivity index (χ1n) is 5.85. The second-order valence-corrected chi connectivity index (χ2v) is 4.53. The average Bonchev–Trinajstić information content (AvgIpc) is 2.79. The van der Waals surface area contributed by atoms with Crippen molar-refractivity contribution >= 4 is 5.91 Å². The summed E-state index contributed by atoms with van der Waals surface area (Å²) in [5, 5.41) is 0. The van der Waals surface area contributed by atoms with E-state index in [0.717, 1.165) is 5.56 Å². The molecule has 0 bridgehead atoms. The number of hydrogen-bond acceptors (Lipinski definition) is 1. The molecule has 1 aliphatic rings. The van der Waals surface area contributed by atoms with Gasteiger partial charge in [-0.3, -0.25) is 4.79 Å². The summed E-state index contributed by atoms with van der Waals surface area (Å²) in [6, 6.07) is 9.06. The van der Waals surface area contributed by atoms with Crippen molar-refractivity contribution in [1.29, 1.82) is 0 Å². The van der Waals surface area contributed by atoms with Crippen LogP contribution in [0.1, 0.15) is 12.0 Å². The number of benzene rings is 1. The van der Waals surface area contributed by atoms with Gasteiger partial charge in [0.15, 0.2) is 0 Å². The van der Waals surface area contributed by atoms with Crippen LogP contribution in [-0.2, 0) is 11.2 Å². The van der Waals surface area contributed by atoms with E-state index in [4.69, 9.17) is 0 Å². The highest BCUT2D eigenvalue weighted by molar-refractivity contribution is 5.79. The summed E-state index contributed by atoms with van der Waals surface area (Å²) in [4.78, 5) is 13.2. The average molecular weight is 257 g/mol. The smallest absolute Gasteiger partial charge is 0.342 e. The second kappa shape index (κ2) is 5.00. The van der Waals surface area contributed by atoms with Crippen LogP contribution in [0.4, 0.5) is 13.2 Å². The third kappa shape index (κ3) is 3.03. The number of carbonyl (C=O) groups excluding carboxylic acids is 1. The topological polar surface area (TPSA) is 20.3 Å². The zero-order valence-corrected chi connectivity index (χ0v) is 9.78. The monoisotopic (exact) mass is 257 g/mol. The van der Waals surface area contributed by atoms with Gasteiger partial charge >= 0.3 is 6.18 Å². The maximum Gasteiger partial charge on any atom is 0.393 e. The van der Waals surface area contributed by atoms with Crippen LogP contribution in [0.2, 0.25) is 0 Å². The summed E-state index contributed by atoms with van der Waals surface area (Å²) in [5.74, 6) is -1.59. The van der Waals surface area contributed by atoms with E-state index in [-0.39, 0.29) is 31.8 Å². The predicted octanol–water partition coefficient (Wildman–Crippen LogP) is 2.64. The van der Waals surface area contributed by atoms with Crippen molar-refractivity contribution in [1.82, 2.24) is 4.90 Å². The van der Waals surface area contributed by atoms with E-state index in [1.165, 1.54) is 4.90 Å². The Kier molecular flexibility index (Phi) is 3.59. The molecular formula is C13H14F3NO. The van der Waals surface area contributed by atoms with Gasteiger partial charge in [-0.05, 0) is 12.0 Å². The van der Waals surface area contributed by atoms with Crippen LogP contribution in [0, 0.1) is 5.92 Å². The first-order valence-corrected chi connectivity index (χ1v) is 5.85. The Hall–Kier alpha value is -1.52. The van der Waals surface area contributed by atoms with Gasteiger partial charge in [-0.1, -0.05) is 30.3 Å². The van der Waals surface area contributed by atoms with Gasteiger partial charge in [-0.2, -0.15) is 13.2 Å². The molecule has 0 radical (unpaired) electrons. The lowest BCUT2D eigenvalue weighted by atomic mass is 10.1. The van der Waals surface area contributed by atoms with Crippen molar-refractivity contribution in [3.63, 3.8) is 0 Å². The summed E-state index contributed by atoms with van der Waals surface area (Å²) in [6.07, 6.45) is -4.00. The molecule has 1 aliphatic heterocycles. The highest BCUT2D eigenvalue weighted by atomic mass is 19.4. The van der Waals surface area contributed by atoms with Crippen molar-refractivity contribution in [3.05, 3.63) is 35.9 Å². The van der Waals surface area contributed by atoms with Gasteiger partial charge in [0.25, 0.3) is 0 Å². The number of alkyl halides is 3. The first-order chi connectivity index (χ1) is 8.47. The van der Waals surface area contributed by atoms with E-state index < -0.39 is 12.1 Å². The molecule has 98 valence electrons. The highest BCUT2D eigenvalue weighted by Crippen LogP contribution is 2.33. The van der Waals surface area contributed by atoms with Crippen LogP contribution < -0.4 is 0 Å². The molecule has 2 rings (SSSR count). The number of carbonyl (C=O) groups is 1. The number of rotatable bonds is 2. The second-order valence-electron chi connectivity index (χ2n) is 4.53. The third-order valence-electron chi connectivity index (χ3n) is 3.20. The van der Waals surface area contributed by atoms with Gasteiger partial charge in [0.1, 0.15) is 0 Å². The Morgan fingerprint density at radius 1 is 1.28 bits per heavy atom. The van der Waals surface area contributed by atoms with Crippen molar-refractivity contribution in [2.75, 3.05) is 13.1 Å². The van der Waals surface area contributed by atoms with Crippen LogP contribution in [0.5, 0.6) is 0 Å². The molecule has 2 nitrogen and oxygen atoms in total. The van der Waals surface area contributed by atoms with Gasteiger partial charge in [-0.25, -0.2) is 0 Å². The van der Waals surface area contributed by atoms with Crippen LogP contribution in [0.3, 0.4) is 0 Å². The van der Waals surface area contributed by atoms with Crippen molar-refractivity contribution in [3.8, 4) is 0 Å². The molecule has 1 unspecified atom stereocenters. The van der Waals surface area contributed by atoms with E-state index in [1.54, 1.807) is 12.1 Å². The quantitative estimate of drug-likeness (QED) is 0.797.